The van der Waals surface area contributed by atoms with Crippen molar-refractivity contribution >= 4 is 27.5 Å². The summed E-state index contributed by atoms with van der Waals surface area (Å²) >= 11 is 6.19. The van der Waals surface area contributed by atoms with Crippen LogP contribution in [0.15, 0.2) is 53.4 Å². The SMILES string of the molecule is CCN(CC)S(=O)(=O)c1ccc(OCC(=O)N(C)Cc2ccccc2)c(Cl)c1. The Bertz CT molecular complexity index is 900. The van der Waals surface area contributed by atoms with Crippen molar-refractivity contribution in [1.82, 2.24) is 9.21 Å². The zero-order valence-electron chi connectivity index (χ0n) is 16.3. The highest BCUT2D eigenvalue weighted by atomic mass is 35.5. The molecule has 0 fully saturated rings. The number of amides is 1. The molecule has 8 heteroatoms. The van der Waals surface area contributed by atoms with Crippen LogP contribution in [0, 0.1) is 0 Å². The van der Waals surface area contributed by atoms with E-state index < -0.39 is 10.0 Å². The first-order valence-corrected chi connectivity index (χ1v) is 10.8. The zero-order valence-corrected chi connectivity index (χ0v) is 17.8. The maximum Gasteiger partial charge on any atom is 0.260 e. The fourth-order valence-corrected chi connectivity index (χ4v) is 4.45. The standard InChI is InChI=1S/C20H25ClN2O4S/c1-4-23(5-2)28(25,26)17-11-12-19(18(21)13-17)27-15-20(24)22(3)14-16-9-7-6-8-10-16/h6-13H,4-5,14-15H2,1-3H3. The number of rotatable bonds is 9. The molecular formula is C20H25ClN2O4S. The first kappa shape index (κ1) is 22.2. The molecule has 0 aromatic heterocycles. The van der Waals surface area contributed by atoms with E-state index in [0.717, 1.165) is 5.56 Å². The van der Waals surface area contributed by atoms with E-state index in [-0.39, 0.29) is 28.2 Å². The van der Waals surface area contributed by atoms with Crippen molar-refractivity contribution in [2.45, 2.75) is 25.3 Å². The number of sulfonamides is 1. The lowest BCUT2D eigenvalue weighted by atomic mass is 10.2. The lowest BCUT2D eigenvalue weighted by Crippen LogP contribution is -2.31. The summed E-state index contributed by atoms with van der Waals surface area (Å²) in [6.07, 6.45) is 0. The number of carbonyl (C=O) groups excluding carboxylic acids is 1. The lowest BCUT2D eigenvalue weighted by molar-refractivity contribution is -0.132. The Morgan fingerprint density at radius 3 is 2.29 bits per heavy atom. The smallest absolute Gasteiger partial charge is 0.260 e. The van der Waals surface area contributed by atoms with Crippen molar-refractivity contribution in [3.63, 3.8) is 0 Å². The fraction of sp³-hybridized carbons (Fsp3) is 0.350. The van der Waals surface area contributed by atoms with Gasteiger partial charge in [-0.3, -0.25) is 4.79 Å². The Labute approximate surface area is 171 Å². The van der Waals surface area contributed by atoms with Gasteiger partial charge in [0.25, 0.3) is 5.91 Å². The van der Waals surface area contributed by atoms with Crippen molar-refractivity contribution in [3.05, 3.63) is 59.1 Å². The molecule has 28 heavy (non-hydrogen) atoms. The van der Waals surface area contributed by atoms with Crippen LogP contribution in [0.2, 0.25) is 5.02 Å². The van der Waals surface area contributed by atoms with Gasteiger partial charge in [0.15, 0.2) is 6.61 Å². The zero-order chi connectivity index (χ0) is 20.7. The predicted molar refractivity (Wildman–Crippen MR) is 110 cm³/mol. The third-order valence-corrected chi connectivity index (χ3v) is 6.63. The molecule has 2 rings (SSSR count). The van der Waals surface area contributed by atoms with Gasteiger partial charge in [0.05, 0.1) is 9.92 Å². The number of hydrogen-bond donors (Lipinski definition) is 0. The molecule has 0 atom stereocenters. The van der Waals surface area contributed by atoms with Crippen LogP contribution in [-0.2, 0) is 21.4 Å². The maximum absolute atomic E-state index is 12.6. The van der Waals surface area contributed by atoms with Gasteiger partial charge in [-0.2, -0.15) is 4.31 Å². The molecule has 0 aliphatic heterocycles. The van der Waals surface area contributed by atoms with Crippen LogP contribution >= 0.6 is 11.6 Å². The third-order valence-electron chi connectivity index (χ3n) is 4.29. The topological polar surface area (TPSA) is 66.9 Å². The monoisotopic (exact) mass is 424 g/mol. The fourth-order valence-electron chi connectivity index (χ4n) is 2.67. The third kappa shape index (κ3) is 5.47. The van der Waals surface area contributed by atoms with Crippen LogP contribution in [0.4, 0.5) is 0 Å². The van der Waals surface area contributed by atoms with Crippen LogP contribution in [0.25, 0.3) is 0 Å². The molecule has 6 nitrogen and oxygen atoms in total. The quantitative estimate of drug-likeness (QED) is 0.618. The second-order valence-electron chi connectivity index (χ2n) is 6.21. The average Bonchev–Trinajstić information content (AvgIpc) is 2.68. The Kier molecular flexibility index (Phi) is 7.86. The summed E-state index contributed by atoms with van der Waals surface area (Å²) in [7, 11) is -1.91. The van der Waals surface area contributed by atoms with Gasteiger partial charge < -0.3 is 9.64 Å². The van der Waals surface area contributed by atoms with Crippen molar-refractivity contribution in [2.75, 3.05) is 26.7 Å². The van der Waals surface area contributed by atoms with E-state index in [1.54, 1.807) is 25.8 Å². The van der Waals surface area contributed by atoms with E-state index in [1.165, 1.54) is 22.5 Å². The molecule has 2 aromatic carbocycles. The molecule has 0 heterocycles. The highest BCUT2D eigenvalue weighted by Crippen LogP contribution is 2.28. The number of nitrogens with zero attached hydrogens (tertiary/aromatic N) is 2. The Balaban J connectivity index is 2.02. The molecule has 0 saturated heterocycles. The Morgan fingerprint density at radius 2 is 1.71 bits per heavy atom. The van der Waals surface area contributed by atoms with E-state index in [0.29, 0.717) is 19.6 Å². The lowest BCUT2D eigenvalue weighted by Gasteiger charge is -2.19. The second-order valence-corrected chi connectivity index (χ2v) is 8.55. The Hall–Kier alpha value is -2.09. The minimum Gasteiger partial charge on any atom is -0.482 e. The molecule has 152 valence electrons. The number of ether oxygens (including phenoxy) is 1. The van der Waals surface area contributed by atoms with Crippen LogP contribution < -0.4 is 4.74 Å². The molecule has 0 radical (unpaired) electrons. The van der Waals surface area contributed by atoms with Gasteiger partial charge in [-0.1, -0.05) is 55.8 Å². The van der Waals surface area contributed by atoms with Gasteiger partial charge >= 0.3 is 0 Å². The summed E-state index contributed by atoms with van der Waals surface area (Å²) < 4.78 is 32.0. The van der Waals surface area contributed by atoms with Crippen LogP contribution in [0.1, 0.15) is 19.4 Å². The van der Waals surface area contributed by atoms with Crippen molar-refractivity contribution in [2.24, 2.45) is 0 Å². The summed E-state index contributed by atoms with van der Waals surface area (Å²) in [5, 5.41) is 0.145. The largest absolute Gasteiger partial charge is 0.482 e. The number of carbonyl (C=O) groups is 1. The molecule has 1 amide bonds. The highest BCUT2D eigenvalue weighted by Gasteiger charge is 2.22. The normalized spacial score (nSPS) is 11.5. The molecule has 0 aliphatic rings. The van der Waals surface area contributed by atoms with Crippen molar-refractivity contribution in [1.29, 1.82) is 0 Å². The van der Waals surface area contributed by atoms with Gasteiger partial charge in [-0.15, -0.1) is 0 Å². The maximum atomic E-state index is 12.6. The molecule has 0 spiro atoms. The molecule has 0 aliphatic carbocycles. The van der Waals surface area contributed by atoms with Gasteiger partial charge in [0.1, 0.15) is 5.75 Å². The van der Waals surface area contributed by atoms with E-state index in [4.69, 9.17) is 16.3 Å². The average molecular weight is 425 g/mol. The minimum absolute atomic E-state index is 0.0982. The van der Waals surface area contributed by atoms with E-state index >= 15 is 0 Å². The van der Waals surface area contributed by atoms with Crippen molar-refractivity contribution in [3.8, 4) is 5.75 Å². The van der Waals surface area contributed by atoms with Gasteiger partial charge in [0, 0.05) is 26.7 Å². The van der Waals surface area contributed by atoms with Crippen molar-refractivity contribution < 1.29 is 17.9 Å². The summed E-state index contributed by atoms with van der Waals surface area (Å²) in [6, 6.07) is 13.9. The number of halogens is 1. The summed E-state index contributed by atoms with van der Waals surface area (Å²) in [5.74, 6) is 0.0568. The molecule has 2 aromatic rings. The summed E-state index contributed by atoms with van der Waals surface area (Å²) in [6.45, 7) is 4.58. The number of benzene rings is 2. The van der Waals surface area contributed by atoms with E-state index in [2.05, 4.69) is 0 Å². The highest BCUT2D eigenvalue weighted by molar-refractivity contribution is 7.89. The molecule has 0 bridgehead atoms. The molecule has 0 saturated carbocycles. The van der Waals surface area contributed by atoms with Gasteiger partial charge in [0.2, 0.25) is 10.0 Å². The van der Waals surface area contributed by atoms with Gasteiger partial charge in [-0.05, 0) is 23.8 Å². The molecule has 0 unspecified atom stereocenters. The molecule has 0 N–H and O–H groups in total. The Morgan fingerprint density at radius 1 is 1.07 bits per heavy atom. The molecular weight excluding hydrogens is 400 g/mol. The van der Waals surface area contributed by atoms with E-state index in [9.17, 15) is 13.2 Å². The first-order chi connectivity index (χ1) is 13.3. The minimum atomic E-state index is -3.60. The first-order valence-electron chi connectivity index (χ1n) is 9.00. The van der Waals surface area contributed by atoms with Crippen LogP contribution in [-0.4, -0.2) is 50.3 Å². The summed E-state index contributed by atoms with van der Waals surface area (Å²) in [5.41, 5.74) is 1.02. The van der Waals surface area contributed by atoms with Crippen LogP contribution in [0.3, 0.4) is 0 Å². The predicted octanol–water partition coefficient (Wildman–Crippen LogP) is 3.41. The van der Waals surface area contributed by atoms with Gasteiger partial charge in [-0.25, -0.2) is 8.42 Å². The number of hydrogen-bond acceptors (Lipinski definition) is 4. The van der Waals surface area contributed by atoms with Crippen LogP contribution in [0.5, 0.6) is 5.75 Å². The summed E-state index contributed by atoms with van der Waals surface area (Å²) in [4.78, 5) is 13.9. The van der Waals surface area contributed by atoms with E-state index in [1.807, 2.05) is 30.3 Å². The second kappa shape index (κ2) is 9.91. The number of likely N-dealkylation sites (N-methyl/N-ethyl adjacent to an activating group) is 1.